The average Bonchev–Trinajstić information content (AvgIpc) is 2.29. The number of carbonyl (C=O) groups is 1. The second kappa shape index (κ2) is 6.31. The lowest BCUT2D eigenvalue weighted by molar-refractivity contribution is -0.117. The molecular weight excluding hydrogens is 299 g/mol. The lowest BCUT2D eigenvalue weighted by Crippen LogP contribution is -2.30. The fraction of sp³-hybridized carbons (Fsp3) is 0.231. The quantitative estimate of drug-likeness (QED) is 0.689. The average molecular weight is 311 g/mol. The first kappa shape index (κ1) is 14.4. The SMILES string of the molecule is CC(C)NC(=O)C(C#N)=Cc1cc(Br)ccc1F. The van der Waals surface area contributed by atoms with Gasteiger partial charge in [0, 0.05) is 16.1 Å². The summed E-state index contributed by atoms with van der Waals surface area (Å²) in [7, 11) is 0. The highest BCUT2D eigenvalue weighted by Gasteiger charge is 2.11. The summed E-state index contributed by atoms with van der Waals surface area (Å²) in [6, 6.07) is 6.01. The van der Waals surface area contributed by atoms with Gasteiger partial charge in [-0.25, -0.2) is 4.39 Å². The van der Waals surface area contributed by atoms with E-state index in [0.29, 0.717) is 4.47 Å². The Morgan fingerprint density at radius 1 is 1.56 bits per heavy atom. The summed E-state index contributed by atoms with van der Waals surface area (Å²) in [5.74, 6) is -0.991. The Labute approximate surface area is 113 Å². The number of nitriles is 1. The highest BCUT2D eigenvalue weighted by atomic mass is 79.9. The van der Waals surface area contributed by atoms with E-state index in [-0.39, 0.29) is 17.2 Å². The van der Waals surface area contributed by atoms with E-state index in [1.54, 1.807) is 26.0 Å². The standard InChI is InChI=1S/C13H12BrFN2O/c1-8(2)17-13(18)10(7-16)5-9-6-11(14)3-4-12(9)15/h3-6,8H,1-2H3,(H,17,18). The Morgan fingerprint density at radius 3 is 2.78 bits per heavy atom. The maximum atomic E-state index is 13.5. The van der Waals surface area contributed by atoms with Gasteiger partial charge in [0.25, 0.3) is 5.91 Å². The molecule has 0 radical (unpaired) electrons. The molecule has 94 valence electrons. The summed E-state index contributed by atoms with van der Waals surface area (Å²) in [6.45, 7) is 3.57. The summed E-state index contributed by atoms with van der Waals surface area (Å²) >= 11 is 3.21. The Kier molecular flexibility index (Phi) is 5.05. The predicted molar refractivity (Wildman–Crippen MR) is 71.0 cm³/mol. The van der Waals surface area contributed by atoms with Gasteiger partial charge < -0.3 is 5.32 Å². The van der Waals surface area contributed by atoms with Crippen molar-refractivity contribution < 1.29 is 9.18 Å². The third kappa shape index (κ3) is 3.97. The van der Waals surface area contributed by atoms with Crippen LogP contribution in [0, 0.1) is 17.1 Å². The minimum atomic E-state index is -0.508. The Hall–Kier alpha value is -1.67. The van der Waals surface area contributed by atoms with E-state index in [9.17, 15) is 9.18 Å². The minimum Gasteiger partial charge on any atom is -0.349 e. The van der Waals surface area contributed by atoms with Gasteiger partial charge in [0.1, 0.15) is 17.5 Å². The van der Waals surface area contributed by atoms with Gasteiger partial charge in [0.2, 0.25) is 0 Å². The molecular formula is C13H12BrFN2O. The number of halogens is 2. The van der Waals surface area contributed by atoms with Gasteiger partial charge in [0.15, 0.2) is 0 Å². The predicted octanol–water partition coefficient (Wildman–Crippen LogP) is 3.02. The van der Waals surface area contributed by atoms with Crippen LogP contribution >= 0.6 is 15.9 Å². The van der Waals surface area contributed by atoms with Gasteiger partial charge in [-0.05, 0) is 38.1 Å². The summed E-state index contributed by atoms with van der Waals surface area (Å²) in [4.78, 5) is 11.6. The summed E-state index contributed by atoms with van der Waals surface area (Å²) < 4.78 is 14.2. The van der Waals surface area contributed by atoms with Crippen LogP contribution in [0.3, 0.4) is 0 Å². The van der Waals surface area contributed by atoms with Crippen molar-refractivity contribution in [2.24, 2.45) is 0 Å². The summed E-state index contributed by atoms with van der Waals surface area (Å²) in [6.07, 6.45) is 1.23. The minimum absolute atomic E-state index is 0.0818. The second-order valence-electron chi connectivity index (χ2n) is 3.96. The van der Waals surface area contributed by atoms with Gasteiger partial charge in [0.05, 0.1) is 0 Å². The Bertz CT molecular complexity index is 532. The van der Waals surface area contributed by atoms with Crippen LogP contribution in [0.15, 0.2) is 28.2 Å². The molecule has 0 heterocycles. The fourth-order valence-corrected chi connectivity index (χ4v) is 1.65. The highest BCUT2D eigenvalue weighted by molar-refractivity contribution is 9.10. The van der Waals surface area contributed by atoms with Crippen molar-refractivity contribution >= 4 is 27.9 Å². The molecule has 0 aliphatic rings. The van der Waals surface area contributed by atoms with Crippen LogP contribution in [0.25, 0.3) is 6.08 Å². The molecule has 1 aromatic carbocycles. The first-order valence-corrected chi connectivity index (χ1v) is 6.11. The van der Waals surface area contributed by atoms with Gasteiger partial charge in [-0.15, -0.1) is 0 Å². The highest BCUT2D eigenvalue weighted by Crippen LogP contribution is 2.18. The number of hydrogen-bond acceptors (Lipinski definition) is 2. The van der Waals surface area contributed by atoms with Crippen LogP contribution in [0.2, 0.25) is 0 Å². The molecule has 1 aromatic rings. The zero-order valence-electron chi connectivity index (χ0n) is 10.00. The van der Waals surface area contributed by atoms with Crippen molar-refractivity contribution in [1.82, 2.24) is 5.32 Å². The first-order valence-electron chi connectivity index (χ1n) is 5.31. The first-order chi connectivity index (χ1) is 8.43. The van der Waals surface area contributed by atoms with Gasteiger partial charge in [-0.2, -0.15) is 5.26 Å². The molecule has 0 saturated heterocycles. The molecule has 0 aromatic heterocycles. The van der Waals surface area contributed by atoms with E-state index >= 15 is 0 Å². The van der Waals surface area contributed by atoms with Crippen LogP contribution in [-0.2, 0) is 4.79 Å². The number of amides is 1. The van der Waals surface area contributed by atoms with E-state index in [1.807, 2.05) is 0 Å². The number of benzene rings is 1. The van der Waals surface area contributed by atoms with Crippen molar-refractivity contribution in [3.05, 3.63) is 39.6 Å². The normalized spacial score (nSPS) is 11.2. The van der Waals surface area contributed by atoms with E-state index in [1.165, 1.54) is 18.2 Å². The molecule has 0 aliphatic carbocycles. The van der Waals surface area contributed by atoms with Gasteiger partial charge in [-0.3, -0.25) is 4.79 Å². The maximum Gasteiger partial charge on any atom is 0.262 e. The van der Waals surface area contributed by atoms with E-state index in [4.69, 9.17) is 5.26 Å². The molecule has 18 heavy (non-hydrogen) atoms. The lowest BCUT2D eigenvalue weighted by atomic mass is 10.1. The maximum absolute atomic E-state index is 13.5. The molecule has 1 amide bonds. The molecule has 3 nitrogen and oxygen atoms in total. The van der Waals surface area contributed by atoms with Crippen LogP contribution in [0.4, 0.5) is 4.39 Å². The fourth-order valence-electron chi connectivity index (χ4n) is 1.27. The molecule has 0 fully saturated rings. The van der Waals surface area contributed by atoms with E-state index in [0.717, 1.165) is 0 Å². The topological polar surface area (TPSA) is 52.9 Å². The molecule has 0 saturated carbocycles. The Morgan fingerprint density at radius 2 is 2.22 bits per heavy atom. The van der Waals surface area contributed by atoms with Gasteiger partial charge >= 0.3 is 0 Å². The zero-order chi connectivity index (χ0) is 13.7. The van der Waals surface area contributed by atoms with Gasteiger partial charge in [-0.1, -0.05) is 15.9 Å². The molecule has 0 unspecified atom stereocenters. The van der Waals surface area contributed by atoms with Crippen molar-refractivity contribution in [3.63, 3.8) is 0 Å². The smallest absolute Gasteiger partial charge is 0.262 e. The summed E-state index contributed by atoms with van der Waals surface area (Å²) in [5.41, 5.74) is 0.0699. The molecule has 0 spiro atoms. The molecule has 1 rings (SSSR count). The monoisotopic (exact) mass is 310 g/mol. The number of hydrogen-bond donors (Lipinski definition) is 1. The van der Waals surface area contributed by atoms with E-state index in [2.05, 4.69) is 21.2 Å². The van der Waals surface area contributed by atoms with Crippen molar-refractivity contribution in [2.75, 3.05) is 0 Å². The largest absolute Gasteiger partial charge is 0.349 e. The van der Waals surface area contributed by atoms with Crippen molar-refractivity contribution in [1.29, 1.82) is 5.26 Å². The number of rotatable bonds is 3. The van der Waals surface area contributed by atoms with Crippen LogP contribution < -0.4 is 5.32 Å². The van der Waals surface area contributed by atoms with Crippen molar-refractivity contribution in [3.8, 4) is 6.07 Å². The van der Waals surface area contributed by atoms with Crippen LogP contribution in [0.5, 0.6) is 0 Å². The van der Waals surface area contributed by atoms with E-state index < -0.39 is 11.7 Å². The summed E-state index contributed by atoms with van der Waals surface area (Å²) in [5, 5.41) is 11.5. The molecule has 0 bridgehead atoms. The number of nitrogens with one attached hydrogen (secondary N) is 1. The third-order valence-electron chi connectivity index (χ3n) is 2.04. The zero-order valence-corrected chi connectivity index (χ0v) is 11.6. The second-order valence-corrected chi connectivity index (χ2v) is 4.88. The molecule has 0 atom stereocenters. The Balaban J connectivity index is 3.08. The number of carbonyl (C=O) groups excluding carboxylic acids is 1. The van der Waals surface area contributed by atoms with Crippen LogP contribution in [0.1, 0.15) is 19.4 Å². The molecule has 5 heteroatoms. The molecule has 0 aliphatic heterocycles. The van der Waals surface area contributed by atoms with Crippen molar-refractivity contribution in [2.45, 2.75) is 19.9 Å². The lowest BCUT2D eigenvalue weighted by Gasteiger charge is -2.07. The molecule has 1 N–H and O–H groups in total. The van der Waals surface area contributed by atoms with Crippen LogP contribution in [-0.4, -0.2) is 11.9 Å². The third-order valence-corrected chi connectivity index (χ3v) is 2.54. The number of nitrogens with zero attached hydrogens (tertiary/aromatic N) is 1.